The minimum Gasteiger partial charge on any atom is -0.509 e. The van der Waals surface area contributed by atoms with E-state index in [1.807, 2.05) is 0 Å². The Labute approximate surface area is 72.7 Å². The van der Waals surface area contributed by atoms with Crippen LogP contribution < -0.4 is 4.65 Å². The number of aromatic nitrogens is 1. The second-order valence-corrected chi connectivity index (χ2v) is 2.27. The highest BCUT2D eigenvalue weighted by Crippen LogP contribution is 2.19. The first kappa shape index (κ1) is 9.24. The zero-order valence-electron chi connectivity index (χ0n) is 5.74. The molecule has 0 aromatic carbocycles. The SMILES string of the molecule is OB(O)Oc1cc(Cl)ncc1F. The monoisotopic (exact) mass is 191 g/mol. The van der Waals surface area contributed by atoms with Gasteiger partial charge in [-0.15, -0.1) is 0 Å². The summed E-state index contributed by atoms with van der Waals surface area (Å²) in [6.07, 6.45) is 0.819. The van der Waals surface area contributed by atoms with Crippen LogP contribution in [0.1, 0.15) is 0 Å². The van der Waals surface area contributed by atoms with Crippen LogP contribution in [0, 0.1) is 5.82 Å². The zero-order chi connectivity index (χ0) is 9.14. The van der Waals surface area contributed by atoms with Crippen molar-refractivity contribution in [2.24, 2.45) is 0 Å². The van der Waals surface area contributed by atoms with Crippen LogP contribution in [0.4, 0.5) is 4.39 Å². The van der Waals surface area contributed by atoms with E-state index in [1.54, 1.807) is 0 Å². The summed E-state index contributed by atoms with van der Waals surface area (Å²) in [7, 11) is -2.07. The molecule has 1 heterocycles. The maximum Gasteiger partial charge on any atom is 0.707 e. The van der Waals surface area contributed by atoms with Crippen molar-refractivity contribution in [2.75, 3.05) is 0 Å². The van der Waals surface area contributed by atoms with E-state index in [1.165, 1.54) is 0 Å². The molecule has 0 saturated carbocycles. The van der Waals surface area contributed by atoms with Crippen molar-refractivity contribution < 1.29 is 19.1 Å². The minimum atomic E-state index is -2.07. The van der Waals surface area contributed by atoms with Gasteiger partial charge in [-0.25, -0.2) is 9.37 Å². The maximum absolute atomic E-state index is 12.7. The molecule has 0 aliphatic heterocycles. The maximum atomic E-state index is 12.7. The smallest absolute Gasteiger partial charge is 0.509 e. The van der Waals surface area contributed by atoms with Crippen LogP contribution in [0.5, 0.6) is 5.75 Å². The Morgan fingerprint density at radius 1 is 1.58 bits per heavy atom. The van der Waals surface area contributed by atoms with E-state index in [0.29, 0.717) is 0 Å². The molecule has 2 N–H and O–H groups in total. The van der Waals surface area contributed by atoms with E-state index >= 15 is 0 Å². The summed E-state index contributed by atoms with van der Waals surface area (Å²) in [5, 5.41) is 16.7. The average Bonchev–Trinajstić information content (AvgIpc) is 1.96. The third kappa shape index (κ3) is 2.33. The summed E-state index contributed by atoms with van der Waals surface area (Å²) < 4.78 is 16.9. The van der Waals surface area contributed by atoms with Crippen molar-refractivity contribution in [2.45, 2.75) is 0 Å². The molecule has 7 heteroatoms. The van der Waals surface area contributed by atoms with E-state index in [0.717, 1.165) is 12.3 Å². The van der Waals surface area contributed by atoms with Gasteiger partial charge in [-0.2, -0.15) is 0 Å². The topological polar surface area (TPSA) is 62.6 Å². The molecule has 1 aromatic rings. The fraction of sp³-hybridized carbons (Fsp3) is 0. The number of nitrogens with zero attached hydrogens (tertiary/aromatic N) is 1. The summed E-state index contributed by atoms with van der Waals surface area (Å²) in [5.74, 6) is -1.17. The predicted octanol–water partition coefficient (Wildman–Crippen LogP) is 0.222. The number of rotatable bonds is 2. The summed E-state index contributed by atoms with van der Waals surface area (Å²) in [5.41, 5.74) is 0. The molecule has 0 spiro atoms. The molecule has 0 radical (unpaired) electrons. The molecule has 0 aliphatic carbocycles. The first-order valence-corrected chi connectivity index (χ1v) is 3.31. The lowest BCUT2D eigenvalue weighted by Gasteiger charge is -2.04. The van der Waals surface area contributed by atoms with Crippen molar-refractivity contribution in [1.29, 1.82) is 0 Å². The van der Waals surface area contributed by atoms with E-state index in [9.17, 15) is 4.39 Å². The highest BCUT2D eigenvalue weighted by atomic mass is 35.5. The van der Waals surface area contributed by atoms with Gasteiger partial charge >= 0.3 is 7.32 Å². The molecule has 1 aromatic heterocycles. The quantitative estimate of drug-likeness (QED) is 0.519. The highest BCUT2D eigenvalue weighted by Gasteiger charge is 2.14. The van der Waals surface area contributed by atoms with Crippen molar-refractivity contribution in [3.8, 4) is 5.75 Å². The summed E-state index contributed by atoms with van der Waals surface area (Å²) in [6, 6.07) is 1.04. The molecule has 0 bridgehead atoms. The molecular formula is C5H4BClFNO3. The highest BCUT2D eigenvalue weighted by molar-refractivity contribution is 6.34. The van der Waals surface area contributed by atoms with Gasteiger partial charge in [-0.3, -0.25) is 0 Å². The van der Waals surface area contributed by atoms with Crippen molar-refractivity contribution in [1.82, 2.24) is 4.98 Å². The zero-order valence-corrected chi connectivity index (χ0v) is 6.49. The Morgan fingerprint density at radius 2 is 2.25 bits per heavy atom. The lowest BCUT2D eigenvalue weighted by atomic mass is 10.2. The molecule has 0 saturated heterocycles. The Morgan fingerprint density at radius 3 is 2.83 bits per heavy atom. The minimum absolute atomic E-state index is 0.00653. The normalized spacial score (nSPS) is 9.67. The van der Waals surface area contributed by atoms with Crippen molar-refractivity contribution in [3.05, 3.63) is 23.2 Å². The van der Waals surface area contributed by atoms with Crippen LogP contribution in [0.25, 0.3) is 0 Å². The van der Waals surface area contributed by atoms with Gasteiger partial charge in [0.1, 0.15) is 10.9 Å². The largest absolute Gasteiger partial charge is 0.707 e. The van der Waals surface area contributed by atoms with E-state index < -0.39 is 13.1 Å². The predicted molar refractivity (Wildman–Crippen MR) is 40.0 cm³/mol. The average molecular weight is 191 g/mol. The molecule has 64 valence electrons. The Bertz CT molecular complexity index is 285. The van der Waals surface area contributed by atoms with Gasteiger partial charge in [0.25, 0.3) is 0 Å². The van der Waals surface area contributed by atoms with Gasteiger partial charge in [0.05, 0.1) is 6.20 Å². The Kier molecular flexibility index (Phi) is 2.85. The Hall–Kier alpha value is -0.845. The van der Waals surface area contributed by atoms with Gasteiger partial charge in [-0.1, -0.05) is 11.6 Å². The first-order chi connectivity index (χ1) is 5.59. The molecule has 0 fully saturated rings. The van der Waals surface area contributed by atoms with Crippen LogP contribution >= 0.6 is 11.6 Å². The fourth-order valence-electron chi connectivity index (χ4n) is 0.600. The van der Waals surface area contributed by atoms with Gasteiger partial charge < -0.3 is 14.7 Å². The first-order valence-electron chi connectivity index (χ1n) is 2.93. The van der Waals surface area contributed by atoms with Crippen molar-refractivity contribution in [3.63, 3.8) is 0 Å². The number of hydrogen-bond acceptors (Lipinski definition) is 4. The number of hydrogen-bond donors (Lipinski definition) is 2. The van der Waals surface area contributed by atoms with Crippen LogP contribution in [-0.2, 0) is 0 Å². The lowest BCUT2D eigenvalue weighted by Crippen LogP contribution is -2.21. The van der Waals surface area contributed by atoms with Gasteiger partial charge in [0.2, 0.25) is 0 Å². The molecule has 12 heavy (non-hydrogen) atoms. The summed E-state index contributed by atoms with van der Waals surface area (Å²) in [4.78, 5) is 3.39. The van der Waals surface area contributed by atoms with Crippen molar-refractivity contribution >= 4 is 18.9 Å². The number of pyridine rings is 1. The molecule has 1 rings (SSSR count). The van der Waals surface area contributed by atoms with Gasteiger partial charge in [-0.05, 0) is 0 Å². The van der Waals surface area contributed by atoms with Gasteiger partial charge in [0, 0.05) is 6.07 Å². The van der Waals surface area contributed by atoms with Crippen LogP contribution in [0.3, 0.4) is 0 Å². The van der Waals surface area contributed by atoms with Crippen LogP contribution in [0.2, 0.25) is 5.15 Å². The van der Waals surface area contributed by atoms with E-state index in [4.69, 9.17) is 21.6 Å². The standard InChI is InChI=1S/C5H4BClFNO3/c7-5-1-4(12-6(10)11)3(8)2-9-5/h1-2,10-11H. The lowest BCUT2D eigenvalue weighted by molar-refractivity contribution is 0.281. The van der Waals surface area contributed by atoms with Crippen LogP contribution in [0.15, 0.2) is 12.3 Å². The second-order valence-electron chi connectivity index (χ2n) is 1.88. The van der Waals surface area contributed by atoms with Crippen LogP contribution in [-0.4, -0.2) is 22.4 Å². The molecule has 0 aliphatic rings. The molecule has 0 atom stereocenters. The molecular weight excluding hydrogens is 187 g/mol. The Balaban J connectivity index is 2.90. The van der Waals surface area contributed by atoms with Gasteiger partial charge in [0.15, 0.2) is 5.82 Å². The number of halogens is 2. The third-order valence-corrected chi connectivity index (χ3v) is 1.23. The molecule has 0 amide bonds. The second kappa shape index (κ2) is 3.71. The summed E-state index contributed by atoms with van der Waals surface area (Å²) in [6.45, 7) is 0. The third-order valence-electron chi connectivity index (χ3n) is 1.02. The fourth-order valence-corrected chi connectivity index (χ4v) is 0.748. The molecule has 0 unspecified atom stereocenters. The molecule has 4 nitrogen and oxygen atoms in total. The van der Waals surface area contributed by atoms with E-state index in [2.05, 4.69) is 9.64 Å². The summed E-state index contributed by atoms with van der Waals surface area (Å²) >= 11 is 5.38. The van der Waals surface area contributed by atoms with E-state index in [-0.39, 0.29) is 10.9 Å².